The number of rotatable bonds is 9. The van der Waals surface area contributed by atoms with Crippen molar-refractivity contribution in [2.75, 3.05) is 19.8 Å². The summed E-state index contributed by atoms with van der Waals surface area (Å²) in [6.07, 6.45) is -0.309. The van der Waals surface area contributed by atoms with E-state index < -0.39 is 11.3 Å². The van der Waals surface area contributed by atoms with Gasteiger partial charge < -0.3 is 14.2 Å². The SMILES string of the molecule is C[C@@H](COc1ccc(CC2SC(=O)NC2=O)cc1)N1C[C@@H](COc2cccc(Cl)c2)OC1=O. The number of carbonyl (C=O) groups is 3. The van der Waals surface area contributed by atoms with Crippen molar-refractivity contribution in [1.82, 2.24) is 10.2 Å². The lowest BCUT2D eigenvalue weighted by Gasteiger charge is -2.22. The van der Waals surface area contributed by atoms with E-state index in [1.165, 1.54) is 0 Å². The predicted molar refractivity (Wildman–Crippen MR) is 124 cm³/mol. The quantitative estimate of drug-likeness (QED) is 0.569. The Morgan fingerprint density at radius 3 is 2.64 bits per heavy atom. The molecule has 0 bridgehead atoms. The molecule has 4 rings (SSSR count). The average Bonchev–Trinajstić information content (AvgIpc) is 3.32. The van der Waals surface area contributed by atoms with E-state index >= 15 is 0 Å². The number of benzene rings is 2. The number of halogens is 1. The van der Waals surface area contributed by atoms with Gasteiger partial charge in [0.1, 0.15) is 24.7 Å². The van der Waals surface area contributed by atoms with Gasteiger partial charge in [0.2, 0.25) is 5.91 Å². The van der Waals surface area contributed by atoms with Crippen LogP contribution in [0.5, 0.6) is 11.5 Å². The number of amides is 3. The fourth-order valence-corrected chi connectivity index (χ4v) is 4.54. The largest absolute Gasteiger partial charge is 0.491 e. The van der Waals surface area contributed by atoms with Crippen molar-refractivity contribution in [3.05, 3.63) is 59.1 Å². The summed E-state index contributed by atoms with van der Waals surface area (Å²) in [6.45, 7) is 2.83. The number of hydrogen-bond donors (Lipinski definition) is 1. The molecule has 2 fully saturated rings. The Morgan fingerprint density at radius 1 is 1.15 bits per heavy atom. The minimum atomic E-state index is -0.402. The van der Waals surface area contributed by atoms with Crippen molar-refractivity contribution in [3.63, 3.8) is 0 Å². The Kier molecular flexibility index (Phi) is 7.29. The zero-order valence-electron chi connectivity index (χ0n) is 17.9. The van der Waals surface area contributed by atoms with Gasteiger partial charge >= 0.3 is 6.09 Å². The zero-order valence-corrected chi connectivity index (χ0v) is 19.4. The van der Waals surface area contributed by atoms with Crippen LogP contribution >= 0.6 is 23.4 Å². The molecule has 2 heterocycles. The summed E-state index contributed by atoms with van der Waals surface area (Å²) in [5.41, 5.74) is 0.934. The first-order chi connectivity index (χ1) is 15.9. The van der Waals surface area contributed by atoms with E-state index in [-0.39, 0.29) is 29.9 Å². The van der Waals surface area contributed by atoms with Gasteiger partial charge in [0.15, 0.2) is 6.10 Å². The second-order valence-electron chi connectivity index (χ2n) is 7.82. The number of hydrogen-bond acceptors (Lipinski definition) is 7. The van der Waals surface area contributed by atoms with Crippen LogP contribution in [-0.4, -0.2) is 59.3 Å². The Hall–Kier alpha value is -2.91. The van der Waals surface area contributed by atoms with Crippen LogP contribution in [0.15, 0.2) is 48.5 Å². The molecular formula is C23H23ClN2O6S. The van der Waals surface area contributed by atoms with Crippen LogP contribution in [0.1, 0.15) is 12.5 Å². The highest BCUT2D eigenvalue weighted by atomic mass is 35.5. The normalized spacial score (nSPS) is 21.0. The standard InChI is InChI=1S/C23H23ClN2O6S/c1-14(26-11-19(32-23(26)29)13-31-18-4-2-3-16(24)10-18)12-30-17-7-5-15(6-8-17)9-20-21(27)25-22(28)33-20/h2-8,10,14,19-20H,9,11-13H2,1H3,(H,25,27,28)/t14-,19-,20?/m0/s1. The molecule has 3 amide bonds. The topological polar surface area (TPSA) is 94.2 Å². The molecule has 0 saturated carbocycles. The molecule has 1 unspecified atom stereocenters. The number of cyclic esters (lactones) is 1. The van der Waals surface area contributed by atoms with Crippen LogP contribution in [0.3, 0.4) is 0 Å². The van der Waals surface area contributed by atoms with Crippen molar-refractivity contribution in [1.29, 1.82) is 0 Å². The second-order valence-corrected chi connectivity index (χ2v) is 9.43. The molecule has 2 aliphatic heterocycles. The highest BCUT2D eigenvalue weighted by Crippen LogP contribution is 2.24. The van der Waals surface area contributed by atoms with E-state index in [0.717, 1.165) is 17.3 Å². The van der Waals surface area contributed by atoms with Gasteiger partial charge in [-0.2, -0.15) is 0 Å². The third kappa shape index (κ3) is 6.11. The number of carbonyl (C=O) groups excluding carboxylic acids is 3. The molecule has 1 N–H and O–H groups in total. The van der Waals surface area contributed by atoms with Crippen molar-refractivity contribution in [2.24, 2.45) is 0 Å². The Labute approximate surface area is 200 Å². The summed E-state index contributed by atoms with van der Waals surface area (Å²) in [5.74, 6) is 1.02. The first-order valence-electron chi connectivity index (χ1n) is 10.5. The molecule has 3 atom stereocenters. The van der Waals surface area contributed by atoms with E-state index in [9.17, 15) is 14.4 Å². The Bertz CT molecular complexity index is 1030. The van der Waals surface area contributed by atoms with Gasteiger partial charge in [0.25, 0.3) is 5.24 Å². The van der Waals surface area contributed by atoms with E-state index in [4.69, 9.17) is 25.8 Å². The number of ether oxygens (including phenoxy) is 3. The summed E-state index contributed by atoms with van der Waals surface area (Å²) >= 11 is 6.96. The fourth-order valence-electron chi connectivity index (χ4n) is 3.50. The number of thioether (sulfide) groups is 1. The van der Waals surface area contributed by atoms with Crippen LogP contribution in [0.4, 0.5) is 9.59 Å². The van der Waals surface area contributed by atoms with E-state index in [1.54, 1.807) is 29.2 Å². The molecule has 0 spiro atoms. The summed E-state index contributed by atoms with van der Waals surface area (Å²) in [4.78, 5) is 36.9. The highest BCUT2D eigenvalue weighted by Gasteiger charge is 2.35. The minimum absolute atomic E-state index is 0.196. The summed E-state index contributed by atoms with van der Waals surface area (Å²) in [5, 5.41) is 2.16. The lowest BCUT2D eigenvalue weighted by Crippen LogP contribution is -2.38. The van der Waals surface area contributed by atoms with Crippen LogP contribution in [0.2, 0.25) is 5.02 Å². The van der Waals surface area contributed by atoms with Crippen LogP contribution < -0.4 is 14.8 Å². The highest BCUT2D eigenvalue weighted by molar-refractivity contribution is 8.15. The molecule has 0 aromatic heterocycles. The van der Waals surface area contributed by atoms with E-state index in [2.05, 4.69) is 5.32 Å². The first-order valence-corrected chi connectivity index (χ1v) is 11.7. The average molecular weight is 491 g/mol. The molecule has 8 nitrogen and oxygen atoms in total. The van der Waals surface area contributed by atoms with Crippen molar-refractivity contribution in [3.8, 4) is 11.5 Å². The molecule has 0 radical (unpaired) electrons. The molecule has 2 aromatic rings. The van der Waals surface area contributed by atoms with Gasteiger partial charge in [-0.1, -0.05) is 41.6 Å². The van der Waals surface area contributed by atoms with Crippen LogP contribution in [0, 0.1) is 0 Å². The van der Waals surface area contributed by atoms with Crippen LogP contribution in [-0.2, 0) is 16.0 Å². The molecule has 2 aliphatic rings. The van der Waals surface area contributed by atoms with Gasteiger partial charge in [-0.15, -0.1) is 0 Å². The number of nitrogens with zero attached hydrogens (tertiary/aromatic N) is 1. The third-order valence-electron chi connectivity index (χ3n) is 5.27. The van der Waals surface area contributed by atoms with Gasteiger partial charge in [-0.25, -0.2) is 4.79 Å². The zero-order chi connectivity index (χ0) is 23.4. The van der Waals surface area contributed by atoms with Crippen molar-refractivity contribution >= 4 is 40.6 Å². The van der Waals surface area contributed by atoms with E-state index in [1.807, 2.05) is 31.2 Å². The molecule has 2 aromatic carbocycles. The monoisotopic (exact) mass is 490 g/mol. The molecular weight excluding hydrogens is 468 g/mol. The van der Waals surface area contributed by atoms with Crippen molar-refractivity contribution in [2.45, 2.75) is 30.7 Å². The molecule has 10 heteroatoms. The Balaban J connectivity index is 1.23. The Morgan fingerprint density at radius 2 is 1.94 bits per heavy atom. The van der Waals surface area contributed by atoms with Gasteiger partial charge in [-0.3, -0.25) is 19.8 Å². The first kappa shape index (κ1) is 23.3. The van der Waals surface area contributed by atoms with Crippen LogP contribution in [0.25, 0.3) is 0 Å². The lowest BCUT2D eigenvalue weighted by atomic mass is 10.1. The smallest absolute Gasteiger partial charge is 0.410 e. The molecule has 2 saturated heterocycles. The number of nitrogens with one attached hydrogen (secondary N) is 1. The summed E-state index contributed by atoms with van der Waals surface area (Å²) < 4.78 is 16.9. The minimum Gasteiger partial charge on any atom is -0.491 e. The fraction of sp³-hybridized carbons (Fsp3) is 0.348. The second kappa shape index (κ2) is 10.4. The maximum Gasteiger partial charge on any atom is 0.410 e. The van der Waals surface area contributed by atoms with Gasteiger partial charge in [0, 0.05) is 5.02 Å². The molecule has 174 valence electrons. The summed E-state index contributed by atoms with van der Waals surface area (Å²) in [7, 11) is 0. The molecule has 33 heavy (non-hydrogen) atoms. The van der Waals surface area contributed by atoms with Crippen molar-refractivity contribution < 1.29 is 28.6 Å². The third-order valence-corrected chi connectivity index (χ3v) is 6.49. The summed E-state index contributed by atoms with van der Waals surface area (Å²) in [6, 6.07) is 14.2. The maximum atomic E-state index is 12.3. The molecule has 0 aliphatic carbocycles. The number of imide groups is 1. The maximum absolute atomic E-state index is 12.3. The van der Waals surface area contributed by atoms with Gasteiger partial charge in [-0.05, 0) is 49.2 Å². The predicted octanol–water partition coefficient (Wildman–Crippen LogP) is 3.90. The van der Waals surface area contributed by atoms with E-state index in [0.29, 0.717) is 36.1 Å². The lowest BCUT2D eigenvalue weighted by molar-refractivity contribution is -0.118. The van der Waals surface area contributed by atoms with Gasteiger partial charge in [0.05, 0.1) is 17.8 Å².